The molecule has 0 saturated carbocycles. The molecule has 0 aromatic carbocycles. The number of rotatable bonds is 3. The molecule has 0 aliphatic carbocycles. The van der Waals surface area contributed by atoms with Gasteiger partial charge in [0.05, 0.1) is 0 Å². The van der Waals surface area contributed by atoms with Crippen LogP contribution in [0.4, 0.5) is 4.79 Å². The van der Waals surface area contributed by atoms with E-state index >= 15 is 0 Å². The van der Waals surface area contributed by atoms with Gasteiger partial charge in [-0.1, -0.05) is 13.3 Å². The summed E-state index contributed by atoms with van der Waals surface area (Å²) in [4.78, 5) is 11.7. The topological polar surface area (TPSA) is 50.4 Å². The Morgan fingerprint density at radius 2 is 2.18 bits per heavy atom. The molecule has 2 unspecified atom stereocenters. The highest BCUT2D eigenvalue weighted by Gasteiger charge is 2.27. The molecule has 1 fully saturated rings. The van der Waals surface area contributed by atoms with E-state index in [1.807, 2.05) is 20.8 Å². The molecule has 1 rings (SSSR count). The van der Waals surface area contributed by atoms with E-state index in [1.165, 1.54) is 0 Å². The quantitative estimate of drug-likeness (QED) is 0.799. The minimum absolute atomic E-state index is 0.207. The predicted molar refractivity (Wildman–Crippen MR) is 69.1 cm³/mol. The summed E-state index contributed by atoms with van der Waals surface area (Å²) in [6.45, 7) is 8.87. The van der Waals surface area contributed by atoms with Crippen LogP contribution in [0.3, 0.4) is 0 Å². The average molecular weight is 242 g/mol. The molecule has 100 valence electrons. The number of hydrogen-bond donors (Lipinski definition) is 2. The van der Waals surface area contributed by atoms with Crippen LogP contribution in [0.5, 0.6) is 0 Å². The second-order valence-corrected chi connectivity index (χ2v) is 5.74. The SMILES string of the molecule is CCCC1NCCCC1NC(=O)OC(C)(C)C. The van der Waals surface area contributed by atoms with Gasteiger partial charge in [0.15, 0.2) is 0 Å². The molecule has 4 heteroatoms. The number of nitrogens with one attached hydrogen (secondary N) is 2. The Kier molecular flexibility index (Phi) is 5.25. The zero-order chi connectivity index (χ0) is 12.9. The molecule has 0 bridgehead atoms. The lowest BCUT2D eigenvalue weighted by Crippen LogP contribution is -2.54. The summed E-state index contributed by atoms with van der Waals surface area (Å²) in [7, 11) is 0. The predicted octanol–water partition coefficient (Wildman–Crippen LogP) is 2.43. The number of carbonyl (C=O) groups is 1. The molecule has 1 aliphatic rings. The molecule has 1 heterocycles. The maximum Gasteiger partial charge on any atom is 0.407 e. The lowest BCUT2D eigenvalue weighted by molar-refractivity contribution is 0.0480. The van der Waals surface area contributed by atoms with Crippen molar-refractivity contribution in [2.24, 2.45) is 0 Å². The minimum atomic E-state index is -0.424. The number of piperidine rings is 1. The van der Waals surface area contributed by atoms with Gasteiger partial charge in [0.25, 0.3) is 0 Å². The summed E-state index contributed by atoms with van der Waals surface area (Å²) in [5.41, 5.74) is -0.424. The van der Waals surface area contributed by atoms with Gasteiger partial charge in [-0.3, -0.25) is 0 Å². The van der Waals surface area contributed by atoms with E-state index in [9.17, 15) is 4.79 Å². The van der Waals surface area contributed by atoms with Gasteiger partial charge in [0.2, 0.25) is 0 Å². The van der Waals surface area contributed by atoms with Crippen LogP contribution >= 0.6 is 0 Å². The number of alkyl carbamates (subject to hydrolysis) is 1. The molecule has 4 nitrogen and oxygen atoms in total. The lowest BCUT2D eigenvalue weighted by Gasteiger charge is -2.33. The van der Waals surface area contributed by atoms with Crippen LogP contribution in [0.25, 0.3) is 0 Å². The summed E-state index contributed by atoms with van der Waals surface area (Å²) in [6, 6.07) is 0.597. The van der Waals surface area contributed by atoms with E-state index in [2.05, 4.69) is 17.6 Å². The number of carbonyl (C=O) groups excluding carboxylic acids is 1. The van der Waals surface area contributed by atoms with Gasteiger partial charge in [0, 0.05) is 12.1 Å². The van der Waals surface area contributed by atoms with E-state index in [1.54, 1.807) is 0 Å². The normalized spacial score (nSPS) is 25.4. The molecule has 0 radical (unpaired) electrons. The van der Waals surface area contributed by atoms with Crippen molar-refractivity contribution in [3.63, 3.8) is 0 Å². The zero-order valence-corrected chi connectivity index (χ0v) is 11.5. The van der Waals surface area contributed by atoms with E-state index in [-0.39, 0.29) is 12.1 Å². The van der Waals surface area contributed by atoms with Crippen molar-refractivity contribution in [1.82, 2.24) is 10.6 Å². The molecule has 2 N–H and O–H groups in total. The van der Waals surface area contributed by atoms with E-state index in [0.29, 0.717) is 6.04 Å². The van der Waals surface area contributed by atoms with Crippen molar-refractivity contribution in [2.75, 3.05) is 6.54 Å². The Labute approximate surface area is 104 Å². The van der Waals surface area contributed by atoms with Gasteiger partial charge in [-0.15, -0.1) is 0 Å². The summed E-state index contributed by atoms with van der Waals surface area (Å²) in [6.07, 6.45) is 4.08. The molecule has 17 heavy (non-hydrogen) atoms. The van der Waals surface area contributed by atoms with E-state index in [0.717, 1.165) is 32.2 Å². The third-order valence-electron chi connectivity index (χ3n) is 2.89. The molecule has 1 aliphatic heterocycles. The fourth-order valence-electron chi connectivity index (χ4n) is 2.20. The van der Waals surface area contributed by atoms with Gasteiger partial charge < -0.3 is 15.4 Å². The van der Waals surface area contributed by atoms with Crippen LogP contribution in [0.15, 0.2) is 0 Å². The summed E-state index contributed by atoms with van der Waals surface area (Å²) in [5, 5.41) is 6.45. The van der Waals surface area contributed by atoms with Gasteiger partial charge in [-0.2, -0.15) is 0 Å². The average Bonchev–Trinajstić information content (AvgIpc) is 2.18. The Morgan fingerprint density at radius 3 is 2.76 bits per heavy atom. The Bertz CT molecular complexity index is 246. The van der Waals surface area contributed by atoms with Crippen molar-refractivity contribution in [3.8, 4) is 0 Å². The smallest absolute Gasteiger partial charge is 0.407 e. The maximum atomic E-state index is 11.7. The fraction of sp³-hybridized carbons (Fsp3) is 0.923. The molecule has 1 saturated heterocycles. The molecule has 0 aromatic rings. The largest absolute Gasteiger partial charge is 0.444 e. The summed E-state index contributed by atoms with van der Waals surface area (Å²) >= 11 is 0. The molecule has 1 amide bonds. The van der Waals surface area contributed by atoms with Crippen LogP contribution in [0.2, 0.25) is 0 Å². The van der Waals surface area contributed by atoms with Gasteiger partial charge in [-0.05, 0) is 46.6 Å². The van der Waals surface area contributed by atoms with E-state index < -0.39 is 5.60 Å². The first-order chi connectivity index (χ1) is 7.92. The third-order valence-corrected chi connectivity index (χ3v) is 2.89. The summed E-state index contributed by atoms with van der Waals surface area (Å²) in [5.74, 6) is 0. The highest BCUT2D eigenvalue weighted by molar-refractivity contribution is 5.68. The van der Waals surface area contributed by atoms with Crippen LogP contribution in [0, 0.1) is 0 Å². The zero-order valence-electron chi connectivity index (χ0n) is 11.5. The third kappa shape index (κ3) is 5.39. The van der Waals surface area contributed by atoms with Gasteiger partial charge in [-0.25, -0.2) is 4.79 Å². The lowest BCUT2D eigenvalue weighted by atomic mass is 9.95. The number of ether oxygens (including phenoxy) is 1. The molecular weight excluding hydrogens is 216 g/mol. The van der Waals surface area contributed by atoms with Crippen molar-refractivity contribution in [2.45, 2.75) is 71.1 Å². The van der Waals surface area contributed by atoms with Crippen molar-refractivity contribution >= 4 is 6.09 Å². The molecular formula is C13H26N2O2. The highest BCUT2D eigenvalue weighted by Crippen LogP contribution is 2.14. The van der Waals surface area contributed by atoms with Crippen molar-refractivity contribution in [1.29, 1.82) is 0 Å². The monoisotopic (exact) mass is 242 g/mol. The number of hydrogen-bond acceptors (Lipinski definition) is 3. The second kappa shape index (κ2) is 6.24. The van der Waals surface area contributed by atoms with E-state index in [4.69, 9.17) is 4.74 Å². The Hall–Kier alpha value is -0.770. The van der Waals surface area contributed by atoms with Gasteiger partial charge in [0.1, 0.15) is 5.60 Å². The first-order valence-corrected chi connectivity index (χ1v) is 6.65. The number of amides is 1. The first kappa shape index (κ1) is 14.3. The van der Waals surface area contributed by atoms with Crippen LogP contribution < -0.4 is 10.6 Å². The fourth-order valence-corrected chi connectivity index (χ4v) is 2.20. The minimum Gasteiger partial charge on any atom is -0.444 e. The highest BCUT2D eigenvalue weighted by atomic mass is 16.6. The van der Waals surface area contributed by atoms with Crippen LogP contribution in [-0.4, -0.2) is 30.3 Å². The summed E-state index contributed by atoms with van der Waals surface area (Å²) < 4.78 is 5.29. The van der Waals surface area contributed by atoms with Crippen LogP contribution in [0.1, 0.15) is 53.4 Å². The van der Waals surface area contributed by atoms with Gasteiger partial charge >= 0.3 is 6.09 Å². The molecule has 0 aromatic heterocycles. The maximum absolute atomic E-state index is 11.7. The van der Waals surface area contributed by atoms with Crippen molar-refractivity contribution in [3.05, 3.63) is 0 Å². The Morgan fingerprint density at radius 1 is 1.47 bits per heavy atom. The molecule has 2 atom stereocenters. The molecule has 0 spiro atoms. The van der Waals surface area contributed by atoms with Crippen LogP contribution in [-0.2, 0) is 4.74 Å². The Balaban J connectivity index is 2.44. The first-order valence-electron chi connectivity index (χ1n) is 6.65. The van der Waals surface area contributed by atoms with Crippen molar-refractivity contribution < 1.29 is 9.53 Å². The second-order valence-electron chi connectivity index (χ2n) is 5.74. The standard InChI is InChI=1S/C13H26N2O2/c1-5-7-10-11(8-6-9-14-10)15-12(16)17-13(2,3)4/h10-11,14H,5-9H2,1-4H3,(H,15,16).